The lowest BCUT2D eigenvalue weighted by molar-refractivity contribution is -0.131. The SMILES string of the molecule is CC(C)C1=NO[C@@H](C(=O)NCc2cccnc2-n2ccnc2)C1. The summed E-state index contributed by atoms with van der Waals surface area (Å²) in [7, 11) is 0. The molecule has 7 nitrogen and oxygen atoms in total. The minimum absolute atomic E-state index is 0.162. The van der Waals surface area contributed by atoms with E-state index in [9.17, 15) is 4.79 Å². The molecule has 0 saturated heterocycles. The van der Waals surface area contributed by atoms with Gasteiger partial charge in [0.25, 0.3) is 5.91 Å². The van der Waals surface area contributed by atoms with E-state index in [4.69, 9.17) is 4.84 Å². The van der Waals surface area contributed by atoms with E-state index in [1.165, 1.54) is 0 Å². The molecule has 7 heteroatoms. The molecular weight excluding hydrogens is 294 g/mol. The summed E-state index contributed by atoms with van der Waals surface area (Å²) in [5, 5.41) is 6.87. The Morgan fingerprint density at radius 3 is 3.04 bits per heavy atom. The molecule has 3 rings (SSSR count). The van der Waals surface area contributed by atoms with E-state index in [1.54, 1.807) is 18.7 Å². The Balaban J connectivity index is 1.63. The van der Waals surface area contributed by atoms with Gasteiger partial charge in [-0.05, 0) is 12.0 Å². The van der Waals surface area contributed by atoms with Gasteiger partial charge in [-0.15, -0.1) is 0 Å². The quantitative estimate of drug-likeness (QED) is 0.910. The number of carbonyl (C=O) groups excluding carboxylic acids is 1. The van der Waals surface area contributed by atoms with E-state index >= 15 is 0 Å². The van der Waals surface area contributed by atoms with Gasteiger partial charge in [0, 0.05) is 37.1 Å². The summed E-state index contributed by atoms with van der Waals surface area (Å²) in [6.07, 6.45) is 6.90. The van der Waals surface area contributed by atoms with Crippen molar-refractivity contribution < 1.29 is 9.63 Å². The number of hydrogen-bond donors (Lipinski definition) is 1. The summed E-state index contributed by atoms with van der Waals surface area (Å²) in [4.78, 5) is 25.8. The van der Waals surface area contributed by atoms with Gasteiger partial charge in [-0.3, -0.25) is 9.36 Å². The van der Waals surface area contributed by atoms with Crippen LogP contribution in [0.1, 0.15) is 25.8 Å². The lowest BCUT2D eigenvalue weighted by Gasteiger charge is -2.12. The van der Waals surface area contributed by atoms with Crippen LogP contribution in [0.2, 0.25) is 0 Å². The average molecular weight is 313 g/mol. The first kappa shape index (κ1) is 15.2. The molecule has 0 unspecified atom stereocenters. The van der Waals surface area contributed by atoms with Gasteiger partial charge in [0.05, 0.1) is 5.71 Å². The predicted molar refractivity (Wildman–Crippen MR) is 85.0 cm³/mol. The molecule has 2 aromatic rings. The molecule has 1 atom stereocenters. The van der Waals surface area contributed by atoms with Crippen molar-refractivity contribution in [1.82, 2.24) is 19.9 Å². The molecule has 1 aliphatic rings. The van der Waals surface area contributed by atoms with Crippen LogP contribution in [0.5, 0.6) is 0 Å². The van der Waals surface area contributed by atoms with Crippen molar-refractivity contribution in [2.24, 2.45) is 11.1 Å². The van der Waals surface area contributed by atoms with E-state index in [0.29, 0.717) is 18.9 Å². The van der Waals surface area contributed by atoms with E-state index in [1.807, 2.05) is 36.7 Å². The van der Waals surface area contributed by atoms with Crippen LogP contribution in [0.3, 0.4) is 0 Å². The van der Waals surface area contributed by atoms with Crippen LogP contribution < -0.4 is 5.32 Å². The molecule has 0 aliphatic carbocycles. The van der Waals surface area contributed by atoms with Gasteiger partial charge in [0.15, 0.2) is 0 Å². The maximum Gasteiger partial charge on any atom is 0.264 e. The Labute approximate surface area is 134 Å². The highest BCUT2D eigenvalue weighted by Gasteiger charge is 2.29. The van der Waals surface area contributed by atoms with Crippen LogP contribution in [-0.4, -0.2) is 32.3 Å². The summed E-state index contributed by atoms with van der Waals surface area (Å²) >= 11 is 0. The van der Waals surface area contributed by atoms with Gasteiger partial charge in [0.1, 0.15) is 12.1 Å². The average Bonchev–Trinajstić information content (AvgIpc) is 3.24. The molecular formula is C16H19N5O2. The third kappa shape index (κ3) is 3.39. The first-order valence-corrected chi connectivity index (χ1v) is 7.57. The molecule has 3 heterocycles. The van der Waals surface area contributed by atoms with Gasteiger partial charge in [-0.2, -0.15) is 0 Å². The highest BCUT2D eigenvalue weighted by atomic mass is 16.6. The van der Waals surface area contributed by atoms with Crippen LogP contribution in [-0.2, 0) is 16.2 Å². The molecule has 1 aliphatic heterocycles. The Hall–Kier alpha value is -2.70. The lowest BCUT2D eigenvalue weighted by Crippen LogP contribution is -2.34. The van der Waals surface area contributed by atoms with E-state index in [0.717, 1.165) is 17.1 Å². The molecule has 0 radical (unpaired) electrons. The Morgan fingerprint density at radius 1 is 1.48 bits per heavy atom. The van der Waals surface area contributed by atoms with Crippen molar-refractivity contribution in [2.75, 3.05) is 0 Å². The number of amides is 1. The molecule has 2 aromatic heterocycles. The molecule has 120 valence electrons. The number of rotatable bonds is 5. The number of carbonyl (C=O) groups is 1. The fourth-order valence-electron chi connectivity index (χ4n) is 2.36. The number of aromatic nitrogens is 3. The zero-order valence-corrected chi connectivity index (χ0v) is 13.1. The third-order valence-electron chi connectivity index (χ3n) is 3.72. The van der Waals surface area contributed by atoms with Crippen LogP contribution in [0.15, 0.2) is 42.2 Å². The van der Waals surface area contributed by atoms with Crippen LogP contribution >= 0.6 is 0 Å². The second kappa shape index (κ2) is 6.60. The van der Waals surface area contributed by atoms with E-state index in [2.05, 4.69) is 20.4 Å². The Kier molecular flexibility index (Phi) is 4.36. The van der Waals surface area contributed by atoms with Crippen molar-refractivity contribution in [3.63, 3.8) is 0 Å². The summed E-state index contributed by atoms with van der Waals surface area (Å²) in [5.74, 6) is 0.876. The molecule has 0 spiro atoms. The molecule has 0 fully saturated rings. The summed E-state index contributed by atoms with van der Waals surface area (Å²) in [6.45, 7) is 4.45. The largest absolute Gasteiger partial charge is 0.382 e. The molecule has 1 amide bonds. The second-order valence-electron chi connectivity index (χ2n) is 5.71. The molecule has 1 N–H and O–H groups in total. The maximum atomic E-state index is 12.2. The lowest BCUT2D eigenvalue weighted by atomic mass is 10.0. The van der Waals surface area contributed by atoms with Gasteiger partial charge < -0.3 is 10.2 Å². The fraction of sp³-hybridized carbons (Fsp3) is 0.375. The highest BCUT2D eigenvalue weighted by molar-refractivity contribution is 5.93. The number of pyridine rings is 1. The summed E-state index contributed by atoms with van der Waals surface area (Å²) < 4.78 is 1.81. The monoisotopic (exact) mass is 313 g/mol. The highest BCUT2D eigenvalue weighted by Crippen LogP contribution is 2.16. The van der Waals surface area contributed by atoms with Crippen molar-refractivity contribution >= 4 is 11.6 Å². The number of imidazole rings is 1. The van der Waals surface area contributed by atoms with Crippen molar-refractivity contribution in [3.05, 3.63) is 42.6 Å². The standard InChI is InChI=1S/C16H19N5O2/c1-11(2)13-8-14(23-20-13)16(22)19-9-12-4-3-5-18-15(12)21-7-6-17-10-21/h3-7,10-11,14H,8-9H2,1-2H3,(H,19,22)/t14-/m1/s1. The second-order valence-corrected chi connectivity index (χ2v) is 5.71. The van der Waals surface area contributed by atoms with Crippen LogP contribution in [0.4, 0.5) is 0 Å². The van der Waals surface area contributed by atoms with Gasteiger partial charge in [-0.25, -0.2) is 9.97 Å². The minimum Gasteiger partial charge on any atom is -0.382 e. The predicted octanol–water partition coefficient (Wildman–Crippen LogP) is 1.68. The number of nitrogens with zero attached hydrogens (tertiary/aromatic N) is 4. The molecule has 0 bridgehead atoms. The topological polar surface area (TPSA) is 81.4 Å². The number of hydrogen-bond acceptors (Lipinski definition) is 5. The fourth-order valence-corrected chi connectivity index (χ4v) is 2.36. The zero-order chi connectivity index (χ0) is 16.2. The van der Waals surface area contributed by atoms with Crippen molar-refractivity contribution in [1.29, 1.82) is 0 Å². The Bertz CT molecular complexity index is 709. The zero-order valence-electron chi connectivity index (χ0n) is 13.1. The number of nitrogens with one attached hydrogen (secondary N) is 1. The minimum atomic E-state index is -0.541. The number of oxime groups is 1. The molecule has 0 aromatic carbocycles. The summed E-state index contributed by atoms with van der Waals surface area (Å²) in [6, 6.07) is 3.77. The van der Waals surface area contributed by atoms with Gasteiger partial charge in [-0.1, -0.05) is 25.1 Å². The maximum absolute atomic E-state index is 12.2. The normalized spacial score (nSPS) is 17.0. The third-order valence-corrected chi connectivity index (χ3v) is 3.72. The summed E-state index contributed by atoms with van der Waals surface area (Å²) in [5.41, 5.74) is 1.83. The van der Waals surface area contributed by atoms with Crippen LogP contribution in [0, 0.1) is 5.92 Å². The first-order valence-electron chi connectivity index (χ1n) is 7.57. The molecule has 23 heavy (non-hydrogen) atoms. The van der Waals surface area contributed by atoms with Crippen molar-refractivity contribution in [3.8, 4) is 5.82 Å². The van der Waals surface area contributed by atoms with Gasteiger partial charge in [0.2, 0.25) is 6.10 Å². The van der Waals surface area contributed by atoms with Gasteiger partial charge >= 0.3 is 0 Å². The first-order chi connectivity index (χ1) is 11.1. The van der Waals surface area contributed by atoms with Crippen molar-refractivity contribution in [2.45, 2.75) is 32.9 Å². The molecule has 0 saturated carbocycles. The van der Waals surface area contributed by atoms with Crippen LogP contribution in [0.25, 0.3) is 5.82 Å². The van der Waals surface area contributed by atoms with E-state index in [-0.39, 0.29) is 5.91 Å². The van der Waals surface area contributed by atoms with E-state index < -0.39 is 6.10 Å². The smallest absolute Gasteiger partial charge is 0.264 e. The Morgan fingerprint density at radius 2 is 2.35 bits per heavy atom.